The van der Waals surface area contributed by atoms with Gasteiger partial charge in [0.1, 0.15) is 6.54 Å². The average molecular weight is 372 g/mol. The molecular weight excluding hydrogens is 363 g/mol. The molecule has 0 saturated heterocycles. The van der Waals surface area contributed by atoms with Crippen LogP contribution in [0.2, 0.25) is 0 Å². The van der Waals surface area contributed by atoms with E-state index in [4.69, 9.17) is 5.11 Å². The Bertz CT molecular complexity index is 609. The summed E-state index contributed by atoms with van der Waals surface area (Å²) < 4.78 is 2.24. The Labute approximate surface area is 121 Å². The lowest BCUT2D eigenvalue weighted by Gasteiger charge is -2.04. The first-order chi connectivity index (χ1) is 9.04. The highest BCUT2D eigenvalue weighted by atomic mass is 127. The van der Waals surface area contributed by atoms with Crippen molar-refractivity contribution in [2.75, 3.05) is 5.32 Å². The molecule has 0 unspecified atom stereocenters. The van der Waals surface area contributed by atoms with E-state index < -0.39 is 5.97 Å². The maximum atomic E-state index is 11.7. The maximum Gasteiger partial charge on any atom is 0.358 e. The number of aromatic carboxylic acids is 1. The monoisotopic (exact) mass is 372 g/mol. The maximum absolute atomic E-state index is 11.7. The van der Waals surface area contributed by atoms with Crippen molar-refractivity contribution in [2.45, 2.75) is 6.54 Å². The molecular formula is C11H9IN4O3. The summed E-state index contributed by atoms with van der Waals surface area (Å²) in [5.41, 5.74) is 0.478. The molecule has 0 aliphatic rings. The predicted octanol–water partition coefficient (Wildman–Crippen LogP) is 1.22. The zero-order chi connectivity index (χ0) is 13.8. The molecule has 0 aliphatic carbocycles. The minimum Gasteiger partial charge on any atom is -0.476 e. The third kappa shape index (κ3) is 3.74. The minimum atomic E-state index is -1.18. The van der Waals surface area contributed by atoms with Crippen molar-refractivity contribution in [3.8, 4) is 0 Å². The lowest BCUT2D eigenvalue weighted by Crippen LogP contribution is -2.19. The van der Waals surface area contributed by atoms with Gasteiger partial charge in [-0.1, -0.05) is 5.21 Å². The number of amides is 1. The molecule has 0 fully saturated rings. The quantitative estimate of drug-likeness (QED) is 0.787. The molecule has 8 heteroatoms. The minimum absolute atomic E-state index is 0.0910. The Morgan fingerprint density at radius 3 is 2.58 bits per heavy atom. The number of anilines is 1. The molecule has 98 valence electrons. The first-order valence-electron chi connectivity index (χ1n) is 5.23. The summed E-state index contributed by atoms with van der Waals surface area (Å²) in [5.74, 6) is -1.48. The number of halogens is 1. The van der Waals surface area contributed by atoms with Gasteiger partial charge in [0.25, 0.3) is 0 Å². The Morgan fingerprint density at radius 2 is 2.00 bits per heavy atom. The second-order valence-corrected chi connectivity index (χ2v) is 4.91. The molecule has 2 N–H and O–H groups in total. The number of rotatable bonds is 4. The van der Waals surface area contributed by atoms with Gasteiger partial charge in [-0.15, -0.1) is 5.10 Å². The molecule has 2 rings (SSSR count). The van der Waals surface area contributed by atoms with Gasteiger partial charge in [-0.25, -0.2) is 9.48 Å². The number of nitrogens with one attached hydrogen (secondary N) is 1. The fraction of sp³-hybridized carbons (Fsp3) is 0.0909. The average Bonchev–Trinajstić information content (AvgIpc) is 2.80. The Balaban J connectivity index is 1.97. The molecule has 19 heavy (non-hydrogen) atoms. The third-order valence-electron chi connectivity index (χ3n) is 2.19. The zero-order valence-corrected chi connectivity index (χ0v) is 11.7. The molecule has 0 bridgehead atoms. The number of carbonyl (C=O) groups excluding carboxylic acids is 1. The van der Waals surface area contributed by atoms with E-state index in [1.54, 1.807) is 12.1 Å². The van der Waals surface area contributed by atoms with Gasteiger partial charge in [0.2, 0.25) is 5.91 Å². The molecule has 0 spiro atoms. The summed E-state index contributed by atoms with van der Waals surface area (Å²) >= 11 is 2.17. The first-order valence-corrected chi connectivity index (χ1v) is 6.31. The number of carboxylic acid groups (broad SMARTS) is 1. The number of hydrogen-bond acceptors (Lipinski definition) is 4. The van der Waals surface area contributed by atoms with Crippen LogP contribution in [0.4, 0.5) is 5.69 Å². The van der Waals surface area contributed by atoms with E-state index >= 15 is 0 Å². The fourth-order valence-electron chi connectivity index (χ4n) is 1.35. The largest absolute Gasteiger partial charge is 0.476 e. The van der Waals surface area contributed by atoms with E-state index in [-0.39, 0.29) is 18.1 Å². The van der Waals surface area contributed by atoms with E-state index in [2.05, 4.69) is 38.2 Å². The number of hydrogen-bond donors (Lipinski definition) is 2. The van der Waals surface area contributed by atoms with Crippen molar-refractivity contribution in [3.63, 3.8) is 0 Å². The van der Waals surface area contributed by atoms with Crippen molar-refractivity contribution in [2.24, 2.45) is 0 Å². The zero-order valence-electron chi connectivity index (χ0n) is 9.58. The Kier molecular flexibility index (Phi) is 4.10. The SMILES string of the molecule is O=C(Cn1cc(C(=O)O)nn1)Nc1ccc(I)cc1. The highest BCUT2D eigenvalue weighted by Gasteiger charge is 2.10. The van der Waals surface area contributed by atoms with Crippen LogP contribution in [0.25, 0.3) is 0 Å². The Morgan fingerprint density at radius 1 is 1.32 bits per heavy atom. The topological polar surface area (TPSA) is 97.1 Å². The first kappa shape index (κ1) is 13.5. The highest BCUT2D eigenvalue weighted by Crippen LogP contribution is 2.11. The molecule has 7 nitrogen and oxygen atoms in total. The van der Waals surface area contributed by atoms with Crippen molar-refractivity contribution >= 4 is 40.2 Å². The van der Waals surface area contributed by atoms with Gasteiger partial charge in [0.05, 0.1) is 6.20 Å². The van der Waals surface area contributed by atoms with Crippen LogP contribution in [0.5, 0.6) is 0 Å². The van der Waals surface area contributed by atoms with Crippen LogP contribution < -0.4 is 5.32 Å². The van der Waals surface area contributed by atoms with Gasteiger partial charge in [0, 0.05) is 9.26 Å². The van der Waals surface area contributed by atoms with Gasteiger partial charge < -0.3 is 10.4 Å². The fourth-order valence-corrected chi connectivity index (χ4v) is 1.71. The summed E-state index contributed by atoms with van der Waals surface area (Å²) in [6.45, 7) is -0.0910. The number of nitrogens with zero attached hydrogens (tertiary/aromatic N) is 3. The van der Waals surface area contributed by atoms with Crippen molar-refractivity contribution in [1.82, 2.24) is 15.0 Å². The smallest absolute Gasteiger partial charge is 0.358 e. The van der Waals surface area contributed by atoms with E-state index in [0.717, 1.165) is 3.57 Å². The number of carboxylic acids is 1. The molecule has 1 amide bonds. The van der Waals surface area contributed by atoms with E-state index in [0.29, 0.717) is 5.69 Å². The molecule has 2 aromatic rings. The van der Waals surface area contributed by atoms with E-state index in [9.17, 15) is 9.59 Å². The second-order valence-electron chi connectivity index (χ2n) is 3.66. The third-order valence-corrected chi connectivity index (χ3v) is 2.91. The van der Waals surface area contributed by atoms with Crippen LogP contribution in [0, 0.1) is 3.57 Å². The summed E-state index contributed by atoms with van der Waals surface area (Å²) in [5, 5.41) is 18.3. The molecule has 0 radical (unpaired) electrons. The van der Waals surface area contributed by atoms with Gasteiger partial charge in [0.15, 0.2) is 5.69 Å². The van der Waals surface area contributed by atoms with Crippen molar-refractivity contribution in [1.29, 1.82) is 0 Å². The van der Waals surface area contributed by atoms with E-state index in [1.165, 1.54) is 10.9 Å². The molecule has 1 aromatic carbocycles. The summed E-state index contributed by atoms with van der Waals surface area (Å²) in [6, 6.07) is 7.30. The van der Waals surface area contributed by atoms with Crippen LogP contribution >= 0.6 is 22.6 Å². The van der Waals surface area contributed by atoms with Gasteiger partial charge >= 0.3 is 5.97 Å². The molecule has 0 saturated carbocycles. The predicted molar refractivity (Wildman–Crippen MR) is 74.8 cm³/mol. The number of benzene rings is 1. The summed E-state index contributed by atoms with van der Waals surface area (Å²) in [7, 11) is 0. The normalized spacial score (nSPS) is 10.2. The van der Waals surface area contributed by atoms with Crippen LogP contribution in [-0.4, -0.2) is 32.0 Å². The summed E-state index contributed by atoms with van der Waals surface area (Å²) in [4.78, 5) is 22.3. The van der Waals surface area contributed by atoms with Crippen LogP contribution in [-0.2, 0) is 11.3 Å². The lowest BCUT2D eigenvalue weighted by atomic mass is 10.3. The van der Waals surface area contributed by atoms with Gasteiger partial charge in [-0.2, -0.15) is 0 Å². The Hall–Kier alpha value is -1.97. The van der Waals surface area contributed by atoms with Crippen LogP contribution in [0.1, 0.15) is 10.5 Å². The second kappa shape index (κ2) is 5.78. The van der Waals surface area contributed by atoms with E-state index in [1.807, 2.05) is 12.1 Å². The van der Waals surface area contributed by atoms with Crippen molar-refractivity contribution in [3.05, 3.63) is 39.7 Å². The van der Waals surface area contributed by atoms with Gasteiger partial charge in [-0.05, 0) is 46.9 Å². The van der Waals surface area contributed by atoms with Crippen LogP contribution in [0.3, 0.4) is 0 Å². The lowest BCUT2D eigenvalue weighted by molar-refractivity contribution is -0.116. The molecule has 0 aliphatic heterocycles. The summed E-state index contributed by atoms with van der Waals surface area (Å²) in [6.07, 6.45) is 1.20. The molecule has 1 aromatic heterocycles. The number of carbonyl (C=O) groups is 2. The number of aromatic nitrogens is 3. The van der Waals surface area contributed by atoms with Crippen LogP contribution in [0.15, 0.2) is 30.5 Å². The van der Waals surface area contributed by atoms with Gasteiger partial charge in [-0.3, -0.25) is 4.79 Å². The molecule has 1 heterocycles. The standard InChI is InChI=1S/C11H9IN4O3/c12-7-1-3-8(4-2-7)13-10(17)6-16-5-9(11(18)19)14-15-16/h1-5H,6H2,(H,13,17)(H,18,19). The highest BCUT2D eigenvalue weighted by molar-refractivity contribution is 14.1. The van der Waals surface area contributed by atoms with Crippen molar-refractivity contribution < 1.29 is 14.7 Å². The molecule has 0 atom stereocenters.